The normalized spacial score (nSPS) is 19.3. The van der Waals surface area contributed by atoms with Crippen molar-refractivity contribution in [2.75, 3.05) is 25.0 Å². The number of piperidine rings is 1. The van der Waals surface area contributed by atoms with E-state index in [4.69, 9.17) is 23.2 Å². The Bertz CT molecular complexity index is 842. The van der Waals surface area contributed by atoms with Crippen molar-refractivity contribution >= 4 is 49.9 Å². The van der Waals surface area contributed by atoms with Gasteiger partial charge in [0.05, 0.1) is 20.8 Å². The highest BCUT2D eigenvalue weighted by molar-refractivity contribution is 7.90. The predicted molar refractivity (Wildman–Crippen MR) is 95.0 cm³/mol. The van der Waals surface area contributed by atoms with E-state index in [1.165, 1.54) is 7.05 Å². The summed E-state index contributed by atoms with van der Waals surface area (Å²) in [6, 6.07) is 7.19. The Hall–Kier alpha value is -1.08. The SMILES string of the molecule is CNS(=O)(=O)C1CCCN(c2ccc3c(Cl)ccc(Cl)c3n2)C1. The lowest BCUT2D eigenvalue weighted by Crippen LogP contribution is -2.45. The fourth-order valence-electron chi connectivity index (χ4n) is 2.88. The summed E-state index contributed by atoms with van der Waals surface area (Å²) in [5, 5.41) is 1.48. The molecule has 8 heteroatoms. The van der Waals surface area contributed by atoms with E-state index in [1.807, 2.05) is 17.0 Å². The van der Waals surface area contributed by atoms with E-state index in [0.717, 1.165) is 24.2 Å². The number of aromatic nitrogens is 1. The van der Waals surface area contributed by atoms with Gasteiger partial charge in [-0.2, -0.15) is 0 Å². The molecule has 0 saturated carbocycles. The van der Waals surface area contributed by atoms with Crippen molar-refractivity contribution in [3.05, 3.63) is 34.3 Å². The monoisotopic (exact) mass is 373 g/mol. The van der Waals surface area contributed by atoms with Crippen molar-refractivity contribution in [3.63, 3.8) is 0 Å². The van der Waals surface area contributed by atoms with Crippen molar-refractivity contribution in [1.82, 2.24) is 9.71 Å². The molecule has 2 heterocycles. The number of pyridine rings is 1. The second-order valence-electron chi connectivity index (χ2n) is 5.55. The molecule has 1 saturated heterocycles. The summed E-state index contributed by atoms with van der Waals surface area (Å²) in [6.07, 6.45) is 1.45. The van der Waals surface area contributed by atoms with Crippen LogP contribution in [-0.4, -0.2) is 38.8 Å². The van der Waals surface area contributed by atoms with Crippen LogP contribution < -0.4 is 9.62 Å². The first kappa shape index (κ1) is 16.8. The molecule has 124 valence electrons. The molecule has 1 aliphatic rings. The smallest absolute Gasteiger partial charge is 0.215 e. The summed E-state index contributed by atoms with van der Waals surface area (Å²) in [7, 11) is -1.84. The van der Waals surface area contributed by atoms with Gasteiger partial charge in [0, 0.05) is 18.5 Å². The topological polar surface area (TPSA) is 62.3 Å². The lowest BCUT2D eigenvalue weighted by atomic mass is 10.1. The van der Waals surface area contributed by atoms with E-state index < -0.39 is 15.3 Å². The quantitative estimate of drug-likeness (QED) is 0.897. The number of hydrogen-bond donors (Lipinski definition) is 1. The Morgan fingerprint density at radius 1 is 1.22 bits per heavy atom. The summed E-state index contributed by atoms with van der Waals surface area (Å²) in [4.78, 5) is 6.58. The standard InChI is InChI=1S/C15H17Cl2N3O2S/c1-18-23(21,22)10-3-2-8-20(9-10)14-7-4-11-12(16)5-6-13(17)15(11)19-14/h4-7,10,18H,2-3,8-9H2,1H3. The number of nitrogens with zero attached hydrogens (tertiary/aromatic N) is 2. The average Bonchev–Trinajstić information content (AvgIpc) is 2.58. The number of sulfonamides is 1. The van der Waals surface area contributed by atoms with Gasteiger partial charge in [0.25, 0.3) is 0 Å². The fourth-order valence-corrected chi connectivity index (χ4v) is 4.49. The molecule has 0 aliphatic carbocycles. The molecule has 2 aromatic rings. The highest BCUT2D eigenvalue weighted by atomic mass is 35.5. The lowest BCUT2D eigenvalue weighted by Gasteiger charge is -2.33. The molecule has 0 amide bonds. The first-order valence-corrected chi connectivity index (χ1v) is 9.64. The zero-order valence-electron chi connectivity index (χ0n) is 12.6. The zero-order valence-corrected chi connectivity index (χ0v) is 14.9. The van der Waals surface area contributed by atoms with Crippen LogP contribution in [0.4, 0.5) is 5.82 Å². The average molecular weight is 374 g/mol. The lowest BCUT2D eigenvalue weighted by molar-refractivity contribution is 0.524. The van der Waals surface area contributed by atoms with Crippen molar-refractivity contribution in [2.45, 2.75) is 18.1 Å². The Kier molecular flexibility index (Phi) is 4.69. The summed E-state index contributed by atoms with van der Waals surface area (Å²) >= 11 is 12.4. The molecule has 1 N–H and O–H groups in total. The minimum Gasteiger partial charge on any atom is -0.355 e. The number of benzene rings is 1. The number of fused-ring (bicyclic) bond motifs is 1. The fraction of sp³-hybridized carbons (Fsp3) is 0.400. The second kappa shape index (κ2) is 6.43. The van der Waals surface area contributed by atoms with Gasteiger partial charge in [0.15, 0.2) is 0 Å². The van der Waals surface area contributed by atoms with Gasteiger partial charge in [-0.15, -0.1) is 0 Å². The van der Waals surface area contributed by atoms with Crippen LogP contribution in [0.15, 0.2) is 24.3 Å². The Balaban J connectivity index is 1.95. The Morgan fingerprint density at radius 2 is 1.96 bits per heavy atom. The molecule has 1 unspecified atom stereocenters. The highest BCUT2D eigenvalue weighted by Crippen LogP contribution is 2.31. The van der Waals surface area contributed by atoms with E-state index >= 15 is 0 Å². The van der Waals surface area contributed by atoms with Crippen LogP contribution in [0.3, 0.4) is 0 Å². The van der Waals surface area contributed by atoms with Gasteiger partial charge in [-0.1, -0.05) is 23.2 Å². The van der Waals surface area contributed by atoms with Crippen molar-refractivity contribution < 1.29 is 8.42 Å². The van der Waals surface area contributed by atoms with Gasteiger partial charge in [-0.25, -0.2) is 18.1 Å². The summed E-state index contributed by atoms with van der Waals surface area (Å²) in [6.45, 7) is 1.19. The maximum atomic E-state index is 12.0. The van der Waals surface area contributed by atoms with Crippen LogP contribution >= 0.6 is 23.2 Å². The largest absolute Gasteiger partial charge is 0.355 e. The molecule has 5 nitrogen and oxygen atoms in total. The van der Waals surface area contributed by atoms with E-state index in [1.54, 1.807) is 12.1 Å². The molecule has 1 aromatic heterocycles. The van der Waals surface area contributed by atoms with E-state index in [0.29, 0.717) is 28.5 Å². The number of rotatable bonds is 3. The van der Waals surface area contributed by atoms with Crippen LogP contribution in [0, 0.1) is 0 Å². The van der Waals surface area contributed by atoms with Gasteiger partial charge >= 0.3 is 0 Å². The summed E-state index contributed by atoms with van der Waals surface area (Å²) in [5.74, 6) is 0.720. The van der Waals surface area contributed by atoms with Crippen LogP contribution in [0.1, 0.15) is 12.8 Å². The number of nitrogens with one attached hydrogen (secondary N) is 1. The molecule has 0 spiro atoms. The minimum absolute atomic E-state index is 0.417. The van der Waals surface area contributed by atoms with E-state index in [2.05, 4.69) is 9.71 Å². The van der Waals surface area contributed by atoms with Gasteiger partial charge in [0.2, 0.25) is 10.0 Å². The van der Waals surface area contributed by atoms with Gasteiger partial charge in [0.1, 0.15) is 5.82 Å². The molecule has 1 aromatic carbocycles. The van der Waals surface area contributed by atoms with Crippen LogP contribution in [0.5, 0.6) is 0 Å². The molecule has 3 rings (SSSR count). The maximum Gasteiger partial charge on any atom is 0.215 e. The predicted octanol–water partition coefficient (Wildman–Crippen LogP) is 3.06. The Morgan fingerprint density at radius 3 is 2.70 bits per heavy atom. The van der Waals surface area contributed by atoms with Crippen molar-refractivity contribution in [2.24, 2.45) is 0 Å². The molecule has 0 bridgehead atoms. The molecular weight excluding hydrogens is 357 g/mol. The van der Waals surface area contributed by atoms with Crippen molar-refractivity contribution in [3.8, 4) is 0 Å². The maximum absolute atomic E-state index is 12.0. The third-order valence-electron chi connectivity index (χ3n) is 4.17. The number of hydrogen-bond acceptors (Lipinski definition) is 4. The van der Waals surface area contributed by atoms with Crippen LogP contribution in [-0.2, 0) is 10.0 Å². The molecule has 0 radical (unpaired) electrons. The van der Waals surface area contributed by atoms with Gasteiger partial charge in [-0.05, 0) is 44.2 Å². The van der Waals surface area contributed by atoms with Gasteiger partial charge < -0.3 is 4.90 Å². The van der Waals surface area contributed by atoms with Crippen LogP contribution in [0.2, 0.25) is 10.0 Å². The third-order valence-corrected chi connectivity index (χ3v) is 6.63. The van der Waals surface area contributed by atoms with Crippen LogP contribution in [0.25, 0.3) is 10.9 Å². The number of halogens is 2. The number of anilines is 1. The first-order valence-electron chi connectivity index (χ1n) is 7.34. The zero-order chi connectivity index (χ0) is 16.6. The second-order valence-corrected chi connectivity index (χ2v) is 8.53. The third kappa shape index (κ3) is 3.26. The van der Waals surface area contributed by atoms with E-state index in [9.17, 15) is 8.42 Å². The Labute approximate surface area is 145 Å². The molecular formula is C15H17Cl2N3O2S. The molecule has 23 heavy (non-hydrogen) atoms. The first-order chi connectivity index (χ1) is 10.9. The molecule has 1 atom stereocenters. The minimum atomic E-state index is -3.29. The summed E-state index contributed by atoms with van der Waals surface area (Å²) in [5.41, 5.74) is 0.635. The molecule has 1 fully saturated rings. The summed E-state index contributed by atoms with van der Waals surface area (Å²) < 4.78 is 26.5. The van der Waals surface area contributed by atoms with E-state index in [-0.39, 0.29) is 0 Å². The molecule has 1 aliphatic heterocycles. The van der Waals surface area contributed by atoms with Gasteiger partial charge in [-0.3, -0.25) is 0 Å². The van der Waals surface area contributed by atoms with Crippen molar-refractivity contribution in [1.29, 1.82) is 0 Å². The highest BCUT2D eigenvalue weighted by Gasteiger charge is 2.30.